The highest BCUT2D eigenvalue weighted by Gasteiger charge is 2.42. The highest BCUT2D eigenvalue weighted by Crippen LogP contribution is 2.49. The molecule has 1 heterocycles. The number of amides is 2. The Bertz CT molecular complexity index is 428. The molecular weight excluding hydrogens is 272 g/mol. The fourth-order valence-electron chi connectivity index (χ4n) is 4.37. The van der Waals surface area contributed by atoms with Gasteiger partial charge in [-0.25, -0.2) is 4.79 Å². The number of carbonyl (C=O) groups excluding carboxylic acids is 1. The number of carbonyl (C=O) groups is 2. The number of rotatable bonds is 4. The van der Waals surface area contributed by atoms with Gasteiger partial charge in [0.05, 0.1) is 19.3 Å². The second-order valence-corrected chi connectivity index (χ2v) is 6.83. The quantitative estimate of drug-likeness (QED) is 0.727. The third-order valence-electron chi connectivity index (χ3n) is 5.51. The smallest absolute Gasteiger partial charge is 0.315 e. The van der Waals surface area contributed by atoms with Crippen LogP contribution in [0.25, 0.3) is 0 Å². The maximum absolute atomic E-state index is 12.1. The van der Waals surface area contributed by atoms with Crippen molar-refractivity contribution in [3.8, 4) is 0 Å². The molecule has 1 saturated heterocycles. The Balaban J connectivity index is 1.49. The van der Waals surface area contributed by atoms with Crippen molar-refractivity contribution in [2.75, 3.05) is 13.2 Å². The Morgan fingerprint density at radius 1 is 1.24 bits per heavy atom. The molecule has 0 aromatic rings. The zero-order valence-electron chi connectivity index (χ0n) is 12.4. The largest absolute Gasteiger partial charge is 0.481 e. The molecule has 0 aromatic carbocycles. The minimum atomic E-state index is -0.918. The third kappa shape index (κ3) is 3.00. The normalized spacial score (nSPS) is 39.2. The van der Waals surface area contributed by atoms with Gasteiger partial charge in [0, 0.05) is 6.04 Å². The predicted molar refractivity (Wildman–Crippen MR) is 75.8 cm³/mol. The number of ether oxygens (including phenoxy) is 1. The molecule has 6 nitrogen and oxygen atoms in total. The first-order valence-corrected chi connectivity index (χ1v) is 7.92. The lowest BCUT2D eigenvalue weighted by molar-refractivity contribution is -0.142. The van der Waals surface area contributed by atoms with Crippen molar-refractivity contribution in [1.82, 2.24) is 10.6 Å². The average molecular weight is 296 g/mol. The standard InChI is InChI=1S/C15H24N2O4/c1-8(11-5-9-2-3-10(11)4-9)16-15(20)17-13-7-21-6-12(13)14(18)19/h8-13H,2-7H2,1H3,(H,18,19)(H2,16,17,20). The molecule has 3 N–H and O–H groups in total. The van der Waals surface area contributed by atoms with Gasteiger partial charge in [-0.05, 0) is 43.9 Å². The van der Waals surface area contributed by atoms with Crippen LogP contribution in [0.5, 0.6) is 0 Å². The van der Waals surface area contributed by atoms with E-state index in [1.165, 1.54) is 25.7 Å². The Labute approximate surface area is 124 Å². The number of carboxylic acids is 1. The Kier molecular flexibility index (Phi) is 4.06. The van der Waals surface area contributed by atoms with Gasteiger partial charge in [0.2, 0.25) is 0 Å². The molecule has 6 unspecified atom stereocenters. The Morgan fingerprint density at radius 2 is 2.05 bits per heavy atom. The molecule has 1 aliphatic heterocycles. The number of carboxylic acid groups (broad SMARTS) is 1. The van der Waals surface area contributed by atoms with Gasteiger partial charge in [-0.3, -0.25) is 4.79 Å². The fraction of sp³-hybridized carbons (Fsp3) is 0.867. The molecular formula is C15H24N2O4. The van der Waals surface area contributed by atoms with Crippen molar-refractivity contribution in [3.63, 3.8) is 0 Å². The molecule has 3 fully saturated rings. The molecule has 0 aromatic heterocycles. The zero-order chi connectivity index (χ0) is 15.0. The van der Waals surface area contributed by atoms with E-state index in [0.29, 0.717) is 5.92 Å². The molecule has 6 atom stereocenters. The lowest BCUT2D eigenvalue weighted by Gasteiger charge is -2.29. The molecule has 118 valence electrons. The summed E-state index contributed by atoms with van der Waals surface area (Å²) in [6.45, 7) is 2.50. The third-order valence-corrected chi connectivity index (χ3v) is 5.51. The summed E-state index contributed by atoms with van der Waals surface area (Å²) in [5.41, 5.74) is 0. The van der Waals surface area contributed by atoms with Crippen LogP contribution >= 0.6 is 0 Å². The molecule has 3 aliphatic rings. The lowest BCUT2D eigenvalue weighted by atomic mass is 9.84. The zero-order valence-corrected chi connectivity index (χ0v) is 12.4. The number of hydrogen-bond acceptors (Lipinski definition) is 3. The Hall–Kier alpha value is -1.30. The molecule has 21 heavy (non-hydrogen) atoms. The maximum Gasteiger partial charge on any atom is 0.315 e. The van der Waals surface area contributed by atoms with Gasteiger partial charge < -0.3 is 20.5 Å². The second-order valence-electron chi connectivity index (χ2n) is 6.83. The van der Waals surface area contributed by atoms with Crippen molar-refractivity contribution in [2.45, 2.75) is 44.7 Å². The summed E-state index contributed by atoms with van der Waals surface area (Å²) >= 11 is 0. The summed E-state index contributed by atoms with van der Waals surface area (Å²) in [6.07, 6.45) is 5.17. The predicted octanol–water partition coefficient (Wildman–Crippen LogP) is 1.21. The summed E-state index contributed by atoms with van der Waals surface area (Å²) in [5.74, 6) is 0.621. The summed E-state index contributed by atoms with van der Waals surface area (Å²) in [4.78, 5) is 23.1. The lowest BCUT2D eigenvalue weighted by Crippen LogP contribution is -2.51. The summed E-state index contributed by atoms with van der Waals surface area (Å²) in [5, 5.41) is 14.8. The van der Waals surface area contributed by atoms with E-state index in [4.69, 9.17) is 9.84 Å². The van der Waals surface area contributed by atoms with E-state index in [2.05, 4.69) is 17.6 Å². The minimum Gasteiger partial charge on any atom is -0.481 e. The first-order valence-electron chi connectivity index (χ1n) is 7.92. The van der Waals surface area contributed by atoms with Crippen LogP contribution in [0, 0.1) is 23.7 Å². The van der Waals surface area contributed by atoms with Crippen molar-refractivity contribution >= 4 is 12.0 Å². The van der Waals surface area contributed by atoms with Gasteiger partial charge in [-0.1, -0.05) is 6.42 Å². The van der Waals surface area contributed by atoms with Crippen LogP contribution in [0.1, 0.15) is 32.6 Å². The summed E-state index contributed by atoms with van der Waals surface area (Å²) in [6, 6.07) is -0.562. The van der Waals surface area contributed by atoms with Crippen molar-refractivity contribution in [2.24, 2.45) is 23.7 Å². The van der Waals surface area contributed by atoms with E-state index < -0.39 is 17.9 Å². The molecule has 2 bridgehead atoms. The number of fused-ring (bicyclic) bond motifs is 2. The SMILES string of the molecule is CC(NC(=O)NC1COCC1C(=O)O)C1CC2CCC1C2. The van der Waals surface area contributed by atoms with E-state index in [-0.39, 0.29) is 25.3 Å². The molecule has 0 radical (unpaired) electrons. The van der Waals surface area contributed by atoms with Gasteiger partial charge in [-0.15, -0.1) is 0 Å². The molecule has 3 rings (SSSR count). The van der Waals surface area contributed by atoms with Crippen molar-refractivity contribution < 1.29 is 19.4 Å². The van der Waals surface area contributed by atoms with Crippen LogP contribution in [0.3, 0.4) is 0 Å². The summed E-state index contributed by atoms with van der Waals surface area (Å²) in [7, 11) is 0. The minimum absolute atomic E-state index is 0.144. The van der Waals surface area contributed by atoms with Gasteiger partial charge >= 0.3 is 12.0 Å². The van der Waals surface area contributed by atoms with Crippen LogP contribution in [0.4, 0.5) is 4.79 Å². The van der Waals surface area contributed by atoms with E-state index in [9.17, 15) is 9.59 Å². The fourth-order valence-corrected chi connectivity index (χ4v) is 4.37. The maximum atomic E-state index is 12.1. The number of hydrogen-bond donors (Lipinski definition) is 3. The van der Waals surface area contributed by atoms with Gasteiger partial charge in [0.15, 0.2) is 0 Å². The van der Waals surface area contributed by atoms with E-state index in [1.807, 2.05) is 0 Å². The van der Waals surface area contributed by atoms with E-state index in [0.717, 1.165) is 11.8 Å². The van der Waals surface area contributed by atoms with Gasteiger partial charge in [-0.2, -0.15) is 0 Å². The van der Waals surface area contributed by atoms with Crippen LogP contribution in [0.15, 0.2) is 0 Å². The molecule has 6 heteroatoms. The topological polar surface area (TPSA) is 87.7 Å². The first kappa shape index (κ1) is 14.6. The second kappa shape index (κ2) is 5.83. The molecule has 2 amide bonds. The van der Waals surface area contributed by atoms with E-state index >= 15 is 0 Å². The van der Waals surface area contributed by atoms with Crippen molar-refractivity contribution in [3.05, 3.63) is 0 Å². The van der Waals surface area contributed by atoms with Crippen molar-refractivity contribution in [1.29, 1.82) is 0 Å². The van der Waals surface area contributed by atoms with Crippen LogP contribution in [-0.4, -0.2) is 42.4 Å². The Morgan fingerprint density at radius 3 is 2.67 bits per heavy atom. The highest BCUT2D eigenvalue weighted by atomic mass is 16.5. The van der Waals surface area contributed by atoms with E-state index in [1.54, 1.807) is 0 Å². The molecule has 2 saturated carbocycles. The number of nitrogens with one attached hydrogen (secondary N) is 2. The highest BCUT2D eigenvalue weighted by molar-refractivity contribution is 5.77. The summed E-state index contributed by atoms with van der Waals surface area (Å²) < 4.78 is 5.15. The monoisotopic (exact) mass is 296 g/mol. The van der Waals surface area contributed by atoms with Crippen LogP contribution in [-0.2, 0) is 9.53 Å². The molecule has 0 spiro atoms. The van der Waals surface area contributed by atoms with Gasteiger partial charge in [0.25, 0.3) is 0 Å². The average Bonchev–Trinajstić information content (AvgIpc) is 3.13. The van der Waals surface area contributed by atoms with Crippen LogP contribution in [0.2, 0.25) is 0 Å². The first-order chi connectivity index (χ1) is 10.0. The van der Waals surface area contributed by atoms with Crippen LogP contribution < -0.4 is 10.6 Å². The number of urea groups is 1. The molecule has 2 aliphatic carbocycles. The number of aliphatic carboxylic acids is 1. The van der Waals surface area contributed by atoms with Gasteiger partial charge in [0.1, 0.15) is 5.92 Å².